The molecule has 0 unspecified atom stereocenters. The Morgan fingerprint density at radius 3 is 2.67 bits per heavy atom. The van der Waals surface area contributed by atoms with Gasteiger partial charge in [0.25, 0.3) is 0 Å². The Morgan fingerprint density at radius 1 is 1.19 bits per heavy atom. The first-order chi connectivity index (χ1) is 10.0. The molecule has 0 fully saturated rings. The Kier molecular flexibility index (Phi) is 5.36. The summed E-state index contributed by atoms with van der Waals surface area (Å²) in [5.74, 6) is 1.34. The minimum atomic E-state index is 0.537. The molecule has 2 N–H and O–H groups in total. The van der Waals surface area contributed by atoms with Crippen molar-refractivity contribution in [3.63, 3.8) is 0 Å². The van der Waals surface area contributed by atoms with Crippen LogP contribution in [0.1, 0.15) is 5.69 Å². The average molecular weight is 306 g/mol. The van der Waals surface area contributed by atoms with Gasteiger partial charge in [-0.15, -0.1) is 0 Å². The van der Waals surface area contributed by atoms with Crippen LogP contribution in [-0.2, 0) is 0 Å². The summed E-state index contributed by atoms with van der Waals surface area (Å²) in [7, 11) is 4.08. The Labute approximate surface area is 130 Å². The van der Waals surface area contributed by atoms with E-state index in [2.05, 4.69) is 25.5 Å². The lowest BCUT2D eigenvalue weighted by Gasteiger charge is -2.13. The van der Waals surface area contributed by atoms with Crippen molar-refractivity contribution < 1.29 is 0 Å². The Morgan fingerprint density at radius 2 is 1.95 bits per heavy atom. The number of likely N-dealkylation sites (N-methyl/N-ethyl adjacent to an activating group) is 1. The number of aryl methyl sites for hydroxylation is 1. The topological polar surface area (TPSA) is 53.1 Å². The number of para-hydroxylation sites is 1. The summed E-state index contributed by atoms with van der Waals surface area (Å²) in [4.78, 5) is 11.0. The van der Waals surface area contributed by atoms with Crippen LogP contribution in [0.15, 0.2) is 30.3 Å². The molecule has 0 radical (unpaired) electrons. The number of nitrogens with one attached hydrogen (secondary N) is 2. The SMILES string of the molecule is Cc1cc(NCCN(C)C)nc(Nc2ccccc2Cl)n1. The van der Waals surface area contributed by atoms with Crippen LogP contribution in [0, 0.1) is 6.92 Å². The molecule has 6 heteroatoms. The van der Waals surface area contributed by atoms with Crippen LogP contribution in [0.3, 0.4) is 0 Å². The van der Waals surface area contributed by atoms with E-state index in [9.17, 15) is 0 Å². The molecule has 0 bridgehead atoms. The van der Waals surface area contributed by atoms with Gasteiger partial charge in [0.05, 0.1) is 10.7 Å². The highest BCUT2D eigenvalue weighted by atomic mass is 35.5. The molecule has 0 aliphatic carbocycles. The van der Waals surface area contributed by atoms with E-state index < -0.39 is 0 Å². The summed E-state index contributed by atoms with van der Waals surface area (Å²) in [6.45, 7) is 3.71. The summed E-state index contributed by atoms with van der Waals surface area (Å²) in [6.07, 6.45) is 0. The largest absolute Gasteiger partial charge is 0.369 e. The van der Waals surface area contributed by atoms with E-state index in [0.717, 1.165) is 30.3 Å². The van der Waals surface area contributed by atoms with Gasteiger partial charge in [0.15, 0.2) is 0 Å². The van der Waals surface area contributed by atoms with Gasteiger partial charge in [-0.1, -0.05) is 23.7 Å². The molecule has 2 rings (SSSR count). The van der Waals surface area contributed by atoms with Crippen molar-refractivity contribution in [2.75, 3.05) is 37.8 Å². The van der Waals surface area contributed by atoms with Gasteiger partial charge in [0.2, 0.25) is 5.95 Å². The van der Waals surface area contributed by atoms with Gasteiger partial charge >= 0.3 is 0 Å². The minimum Gasteiger partial charge on any atom is -0.369 e. The molecule has 21 heavy (non-hydrogen) atoms. The predicted molar refractivity (Wildman–Crippen MR) is 88.5 cm³/mol. The molecule has 0 aliphatic heterocycles. The maximum atomic E-state index is 6.13. The number of nitrogens with zero attached hydrogens (tertiary/aromatic N) is 3. The number of benzene rings is 1. The first kappa shape index (κ1) is 15.5. The van der Waals surface area contributed by atoms with E-state index in [1.807, 2.05) is 51.4 Å². The van der Waals surface area contributed by atoms with Gasteiger partial charge < -0.3 is 15.5 Å². The Bertz CT molecular complexity index is 600. The number of aromatic nitrogens is 2. The van der Waals surface area contributed by atoms with Crippen molar-refractivity contribution in [2.24, 2.45) is 0 Å². The first-order valence-corrected chi connectivity index (χ1v) is 7.18. The van der Waals surface area contributed by atoms with E-state index in [0.29, 0.717) is 11.0 Å². The van der Waals surface area contributed by atoms with Crippen molar-refractivity contribution in [1.29, 1.82) is 0 Å². The van der Waals surface area contributed by atoms with E-state index in [-0.39, 0.29) is 0 Å². The molecule has 1 heterocycles. The van der Waals surface area contributed by atoms with Crippen molar-refractivity contribution in [2.45, 2.75) is 6.92 Å². The quantitative estimate of drug-likeness (QED) is 0.858. The van der Waals surface area contributed by atoms with Gasteiger partial charge in [0.1, 0.15) is 5.82 Å². The molecule has 5 nitrogen and oxygen atoms in total. The normalized spacial score (nSPS) is 10.7. The van der Waals surface area contributed by atoms with Crippen molar-refractivity contribution in [1.82, 2.24) is 14.9 Å². The average Bonchev–Trinajstić information content (AvgIpc) is 2.40. The van der Waals surface area contributed by atoms with Crippen LogP contribution in [0.4, 0.5) is 17.5 Å². The first-order valence-electron chi connectivity index (χ1n) is 6.80. The molecule has 2 aromatic rings. The maximum Gasteiger partial charge on any atom is 0.229 e. The minimum absolute atomic E-state index is 0.537. The van der Waals surface area contributed by atoms with E-state index >= 15 is 0 Å². The Hall–Kier alpha value is -1.85. The fourth-order valence-corrected chi connectivity index (χ4v) is 1.99. The summed E-state index contributed by atoms with van der Waals surface area (Å²) < 4.78 is 0. The highest BCUT2D eigenvalue weighted by Gasteiger charge is 2.05. The van der Waals surface area contributed by atoms with Crippen molar-refractivity contribution in [3.05, 3.63) is 41.0 Å². The van der Waals surface area contributed by atoms with Crippen LogP contribution in [0.25, 0.3) is 0 Å². The third kappa shape index (κ3) is 4.88. The number of halogens is 1. The molecule has 0 saturated carbocycles. The van der Waals surface area contributed by atoms with Gasteiger partial charge in [0, 0.05) is 24.8 Å². The van der Waals surface area contributed by atoms with Crippen LogP contribution in [-0.4, -0.2) is 42.1 Å². The van der Waals surface area contributed by atoms with Crippen LogP contribution in [0.2, 0.25) is 5.02 Å². The predicted octanol–water partition coefficient (Wildman–Crippen LogP) is 3.16. The van der Waals surface area contributed by atoms with Crippen LogP contribution >= 0.6 is 11.6 Å². The van der Waals surface area contributed by atoms with Crippen LogP contribution in [0.5, 0.6) is 0 Å². The van der Waals surface area contributed by atoms with E-state index in [1.54, 1.807) is 0 Å². The second-order valence-corrected chi connectivity index (χ2v) is 5.46. The number of hydrogen-bond acceptors (Lipinski definition) is 5. The summed E-state index contributed by atoms with van der Waals surface area (Å²) >= 11 is 6.13. The van der Waals surface area contributed by atoms with Gasteiger partial charge in [-0.25, -0.2) is 4.98 Å². The number of rotatable bonds is 6. The highest BCUT2D eigenvalue weighted by molar-refractivity contribution is 6.33. The lowest BCUT2D eigenvalue weighted by Crippen LogP contribution is -2.21. The summed E-state index contributed by atoms with van der Waals surface area (Å²) in [6, 6.07) is 9.45. The zero-order valence-electron chi connectivity index (χ0n) is 12.5. The third-order valence-corrected chi connectivity index (χ3v) is 3.17. The molecule has 0 saturated heterocycles. The van der Waals surface area contributed by atoms with E-state index in [1.165, 1.54) is 0 Å². The number of anilines is 3. The van der Waals surface area contributed by atoms with E-state index in [4.69, 9.17) is 11.6 Å². The van der Waals surface area contributed by atoms with Crippen LogP contribution < -0.4 is 10.6 Å². The second kappa shape index (κ2) is 7.24. The molecular formula is C15H20ClN5. The molecule has 0 aliphatic rings. The molecule has 0 amide bonds. The molecule has 1 aromatic carbocycles. The lowest BCUT2D eigenvalue weighted by atomic mass is 10.3. The van der Waals surface area contributed by atoms with Gasteiger partial charge in [-0.3, -0.25) is 0 Å². The maximum absolute atomic E-state index is 6.13. The molecule has 0 spiro atoms. The molecule has 112 valence electrons. The zero-order valence-corrected chi connectivity index (χ0v) is 13.3. The summed E-state index contributed by atoms with van der Waals surface area (Å²) in [5, 5.41) is 7.08. The van der Waals surface area contributed by atoms with Crippen molar-refractivity contribution in [3.8, 4) is 0 Å². The monoisotopic (exact) mass is 305 g/mol. The third-order valence-electron chi connectivity index (χ3n) is 2.84. The summed E-state index contributed by atoms with van der Waals surface area (Å²) in [5.41, 5.74) is 1.69. The number of hydrogen-bond donors (Lipinski definition) is 2. The van der Waals surface area contributed by atoms with Gasteiger partial charge in [-0.05, 0) is 33.2 Å². The fraction of sp³-hybridized carbons (Fsp3) is 0.333. The lowest BCUT2D eigenvalue weighted by molar-refractivity contribution is 0.425. The Balaban J connectivity index is 2.10. The fourth-order valence-electron chi connectivity index (χ4n) is 1.81. The molecule has 1 aromatic heterocycles. The zero-order chi connectivity index (χ0) is 15.2. The van der Waals surface area contributed by atoms with Gasteiger partial charge in [-0.2, -0.15) is 4.98 Å². The second-order valence-electron chi connectivity index (χ2n) is 5.05. The molecular weight excluding hydrogens is 286 g/mol. The smallest absolute Gasteiger partial charge is 0.229 e. The standard InChI is InChI=1S/C15H20ClN5/c1-11-10-14(17-8-9-21(2)3)20-15(18-11)19-13-7-5-4-6-12(13)16/h4-7,10H,8-9H2,1-3H3,(H2,17,18,19,20). The highest BCUT2D eigenvalue weighted by Crippen LogP contribution is 2.23. The molecule has 0 atom stereocenters. The van der Waals surface area contributed by atoms with Crippen molar-refractivity contribution >= 4 is 29.1 Å².